The number of anilines is 1. The van der Waals surface area contributed by atoms with Crippen molar-refractivity contribution in [2.45, 2.75) is 0 Å². The minimum atomic E-state index is 0.212. The van der Waals surface area contributed by atoms with Crippen LogP contribution < -0.4 is 5.73 Å². The Morgan fingerprint density at radius 2 is 1.93 bits per heavy atom. The lowest BCUT2D eigenvalue weighted by molar-refractivity contribution is 1.19. The predicted molar refractivity (Wildman–Crippen MR) is 61.9 cm³/mol. The van der Waals surface area contributed by atoms with Gasteiger partial charge in [-0.2, -0.15) is 0 Å². The summed E-state index contributed by atoms with van der Waals surface area (Å²) in [4.78, 5) is 7.88. The molecule has 1 heterocycles. The second-order valence-corrected chi connectivity index (χ2v) is 3.69. The zero-order valence-corrected chi connectivity index (χ0v) is 9.13. The number of aromatic nitrogens is 2. The van der Waals surface area contributed by atoms with Crippen molar-refractivity contribution in [2.24, 2.45) is 0 Å². The van der Waals surface area contributed by atoms with Crippen molar-refractivity contribution in [1.29, 1.82) is 0 Å². The van der Waals surface area contributed by atoms with Crippen molar-refractivity contribution in [3.05, 3.63) is 40.5 Å². The van der Waals surface area contributed by atoms with Gasteiger partial charge in [0.25, 0.3) is 0 Å². The van der Waals surface area contributed by atoms with Gasteiger partial charge in [-0.05, 0) is 12.1 Å². The van der Waals surface area contributed by atoms with Crippen molar-refractivity contribution < 1.29 is 0 Å². The van der Waals surface area contributed by atoms with E-state index in [-0.39, 0.29) is 5.95 Å². The fraction of sp³-hybridized carbons (Fsp3) is 0. The summed E-state index contributed by atoms with van der Waals surface area (Å²) in [7, 11) is 0. The quantitative estimate of drug-likeness (QED) is 0.833. The molecule has 2 rings (SSSR count). The maximum atomic E-state index is 6.05. The minimum Gasteiger partial charge on any atom is -0.368 e. The first kappa shape index (κ1) is 10.2. The summed E-state index contributed by atoms with van der Waals surface area (Å²) in [6.45, 7) is 0. The Balaban J connectivity index is 2.59. The zero-order valence-electron chi connectivity index (χ0n) is 7.61. The van der Waals surface area contributed by atoms with Crippen LogP contribution in [-0.2, 0) is 0 Å². The SMILES string of the molecule is Nc1nccc(-c2cccc(Cl)c2Cl)n1. The van der Waals surface area contributed by atoms with Gasteiger partial charge in [-0.3, -0.25) is 0 Å². The van der Waals surface area contributed by atoms with Crippen LogP contribution in [0, 0.1) is 0 Å². The third kappa shape index (κ3) is 2.03. The van der Waals surface area contributed by atoms with Gasteiger partial charge in [-0.1, -0.05) is 35.3 Å². The van der Waals surface area contributed by atoms with E-state index in [4.69, 9.17) is 28.9 Å². The monoisotopic (exact) mass is 239 g/mol. The summed E-state index contributed by atoms with van der Waals surface area (Å²) in [5.74, 6) is 0.212. The van der Waals surface area contributed by atoms with Crippen LogP contribution in [0.3, 0.4) is 0 Å². The molecule has 76 valence electrons. The molecule has 0 aliphatic rings. The number of hydrogen-bond acceptors (Lipinski definition) is 3. The smallest absolute Gasteiger partial charge is 0.220 e. The molecule has 0 spiro atoms. The first-order chi connectivity index (χ1) is 7.18. The average Bonchev–Trinajstić information content (AvgIpc) is 2.22. The first-order valence-corrected chi connectivity index (χ1v) is 4.97. The Morgan fingerprint density at radius 1 is 1.13 bits per heavy atom. The molecule has 15 heavy (non-hydrogen) atoms. The van der Waals surface area contributed by atoms with Gasteiger partial charge in [-0.25, -0.2) is 9.97 Å². The Morgan fingerprint density at radius 3 is 2.67 bits per heavy atom. The lowest BCUT2D eigenvalue weighted by atomic mass is 10.1. The minimum absolute atomic E-state index is 0.212. The number of nitrogens with zero attached hydrogens (tertiary/aromatic N) is 2. The van der Waals surface area contributed by atoms with Gasteiger partial charge in [0.05, 0.1) is 15.7 Å². The highest BCUT2D eigenvalue weighted by Crippen LogP contribution is 2.32. The van der Waals surface area contributed by atoms with Crippen LogP contribution in [0.25, 0.3) is 11.3 Å². The Hall–Kier alpha value is -1.32. The fourth-order valence-corrected chi connectivity index (χ4v) is 1.62. The van der Waals surface area contributed by atoms with E-state index < -0.39 is 0 Å². The topological polar surface area (TPSA) is 51.8 Å². The van der Waals surface area contributed by atoms with Crippen LogP contribution in [-0.4, -0.2) is 9.97 Å². The van der Waals surface area contributed by atoms with Gasteiger partial charge in [-0.15, -0.1) is 0 Å². The van der Waals surface area contributed by atoms with E-state index in [0.717, 1.165) is 5.56 Å². The molecule has 0 unspecified atom stereocenters. The molecule has 5 heteroatoms. The van der Waals surface area contributed by atoms with Gasteiger partial charge in [0.2, 0.25) is 5.95 Å². The molecule has 2 aromatic rings. The summed E-state index contributed by atoms with van der Waals surface area (Å²) in [5, 5.41) is 0.962. The van der Waals surface area contributed by atoms with Gasteiger partial charge < -0.3 is 5.73 Å². The lowest BCUT2D eigenvalue weighted by Gasteiger charge is -2.04. The van der Waals surface area contributed by atoms with Crippen LogP contribution in [0.2, 0.25) is 10.0 Å². The highest BCUT2D eigenvalue weighted by Gasteiger charge is 2.07. The summed E-state index contributed by atoms with van der Waals surface area (Å²) in [6, 6.07) is 7.09. The summed E-state index contributed by atoms with van der Waals surface area (Å²) in [6.07, 6.45) is 1.58. The number of benzene rings is 1. The predicted octanol–water partition coefficient (Wildman–Crippen LogP) is 3.03. The number of rotatable bonds is 1. The van der Waals surface area contributed by atoms with Crippen molar-refractivity contribution in [3.63, 3.8) is 0 Å². The first-order valence-electron chi connectivity index (χ1n) is 4.21. The molecule has 0 saturated heterocycles. The van der Waals surface area contributed by atoms with Crippen molar-refractivity contribution in [2.75, 3.05) is 5.73 Å². The number of nitrogen functional groups attached to an aromatic ring is 1. The molecular weight excluding hydrogens is 233 g/mol. The number of halogens is 2. The van der Waals surface area contributed by atoms with Gasteiger partial charge in [0.15, 0.2) is 0 Å². The third-order valence-corrected chi connectivity index (χ3v) is 2.72. The van der Waals surface area contributed by atoms with Crippen molar-refractivity contribution >= 4 is 29.2 Å². The molecule has 0 aliphatic heterocycles. The number of hydrogen-bond donors (Lipinski definition) is 1. The second kappa shape index (κ2) is 4.04. The molecular formula is C10H7Cl2N3. The van der Waals surface area contributed by atoms with Crippen LogP contribution in [0.1, 0.15) is 0 Å². The maximum absolute atomic E-state index is 6.05. The Labute approximate surface area is 96.9 Å². The number of nitrogens with two attached hydrogens (primary N) is 1. The van der Waals surface area contributed by atoms with E-state index >= 15 is 0 Å². The molecule has 0 aliphatic carbocycles. The normalized spacial score (nSPS) is 10.3. The lowest BCUT2D eigenvalue weighted by Crippen LogP contribution is -1.95. The maximum Gasteiger partial charge on any atom is 0.220 e. The van der Waals surface area contributed by atoms with E-state index in [1.165, 1.54) is 0 Å². The highest BCUT2D eigenvalue weighted by molar-refractivity contribution is 6.43. The standard InChI is InChI=1S/C10H7Cl2N3/c11-7-3-1-2-6(9(7)12)8-4-5-14-10(13)15-8/h1-5H,(H2,13,14,15). The molecule has 3 nitrogen and oxygen atoms in total. The molecule has 0 fully saturated rings. The van der Waals surface area contributed by atoms with Crippen LogP contribution in [0.5, 0.6) is 0 Å². The molecule has 0 amide bonds. The molecule has 0 bridgehead atoms. The largest absolute Gasteiger partial charge is 0.368 e. The third-order valence-electron chi connectivity index (χ3n) is 1.90. The molecule has 0 saturated carbocycles. The van der Waals surface area contributed by atoms with E-state index in [2.05, 4.69) is 9.97 Å². The van der Waals surface area contributed by atoms with E-state index in [1.807, 2.05) is 12.1 Å². The average molecular weight is 240 g/mol. The summed E-state index contributed by atoms with van der Waals surface area (Å²) < 4.78 is 0. The van der Waals surface area contributed by atoms with Gasteiger partial charge in [0, 0.05) is 11.8 Å². The van der Waals surface area contributed by atoms with Gasteiger partial charge >= 0.3 is 0 Å². The van der Waals surface area contributed by atoms with Gasteiger partial charge in [0.1, 0.15) is 0 Å². The summed E-state index contributed by atoms with van der Waals surface area (Å²) >= 11 is 11.9. The van der Waals surface area contributed by atoms with E-state index in [0.29, 0.717) is 15.7 Å². The highest BCUT2D eigenvalue weighted by atomic mass is 35.5. The summed E-state index contributed by atoms with van der Waals surface area (Å²) in [5.41, 5.74) is 6.90. The molecule has 1 aromatic heterocycles. The van der Waals surface area contributed by atoms with Crippen LogP contribution in [0.15, 0.2) is 30.5 Å². The van der Waals surface area contributed by atoms with Crippen molar-refractivity contribution in [1.82, 2.24) is 9.97 Å². The van der Waals surface area contributed by atoms with Crippen LogP contribution in [0.4, 0.5) is 5.95 Å². The zero-order chi connectivity index (χ0) is 10.8. The Bertz CT molecular complexity index is 500. The van der Waals surface area contributed by atoms with E-state index in [9.17, 15) is 0 Å². The van der Waals surface area contributed by atoms with E-state index in [1.54, 1.807) is 18.3 Å². The van der Waals surface area contributed by atoms with Crippen molar-refractivity contribution in [3.8, 4) is 11.3 Å². The fourth-order valence-electron chi connectivity index (χ4n) is 1.23. The molecule has 1 aromatic carbocycles. The van der Waals surface area contributed by atoms with Crippen LogP contribution >= 0.6 is 23.2 Å². The molecule has 0 radical (unpaired) electrons. The molecule has 0 atom stereocenters. The second-order valence-electron chi connectivity index (χ2n) is 2.90. The molecule has 2 N–H and O–H groups in total. The Kier molecular flexibility index (Phi) is 2.75.